The fraction of sp³-hybridized carbons (Fsp3) is 0. The molecule has 0 heterocycles. The van der Waals surface area contributed by atoms with Crippen molar-refractivity contribution in [1.29, 1.82) is 0 Å². The minimum absolute atomic E-state index is 0. The van der Waals surface area contributed by atoms with Gasteiger partial charge in [0.2, 0.25) is 0 Å². The molecular formula is H6AuCaPbSr. The number of hydrogen-bond donors (Lipinski definition) is 0. The summed E-state index contributed by atoms with van der Waals surface area (Å²) >= 11 is 0. The van der Waals surface area contributed by atoms with E-state index < -0.39 is 0 Å². The SMILES string of the molecule is [Au].[Ca+2].[H-].[H-].[H-].[H-].[PbH2].[Sr+2]. The van der Waals surface area contributed by atoms with Crippen molar-refractivity contribution in [2.75, 3.05) is 0 Å². The molecule has 0 N–H and O–H groups in total. The van der Waals surface area contributed by atoms with Gasteiger partial charge in [-0.15, -0.1) is 0 Å². The van der Waals surface area contributed by atoms with Crippen molar-refractivity contribution in [2.24, 2.45) is 0 Å². The molecule has 0 saturated carbocycles. The molecule has 4 heteroatoms. The van der Waals surface area contributed by atoms with Crippen molar-refractivity contribution in [3.05, 3.63) is 0 Å². The van der Waals surface area contributed by atoms with E-state index >= 15 is 0 Å². The number of rotatable bonds is 0. The van der Waals surface area contributed by atoms with Gasteiger partial charge in [-0.2, -0.15) is 0 Å². The monoisotopic (exact) mass is 539 g/mol. The Morgan fingerprint density at radius 3 is 1.25 bits per heavy atom. The van der Waals surface area contributed by atoms with Crippen molar-refractivity contribution in [2.45, 2.75) is 0 Å². The van der Waals surface area contributed by atoms with Crippen LogP contribution in [0.5, 0.6) is 0 Å². The third-order valence-corrected chi connectivity index (χ3v) is 0. The second-order valence-corrected chi connectivity index (χ2v) is 0. The fourth-order valence-corrected chi connectivity index (χ4v) is 0. The molecule has 0 aromatic heterocycles. The van der Waals surface area contributed by atoms with E-state index in [9.17, 15) is 0 Å². The van der Waals surface area contributed by atoms with Crippen LogP contribution in [0.3, 0.4) is 0 Å². The van der Waals surface area contributed by atoms with E-state index in [0.717, 1.165) is 0 Å². The molecule has 25 valence electrons. The molecule has 0 aliphatic carbocycles. The second-order valence-electron chi connectivity index (χ2n) is 0. The predicted molar refractivity (Wildman–Crippen MR) is 24.5 cm³/mol. The Morgan fingerprint density at radius 1 is 1.25 bits per heavy atom. The quantitative estimate of drug-likeness (QED) is 0.340. The van der Waals surface area contributed by atoms with E-state index in [4.69, 9.17) is 0 Å². The normalized spacial score (nSPS) is 0. The Hall–Kier alpha value is 4.40. The average molecular weight is 538 g/mol. The molecule has 0 saturated heterocycles. The molecule has 0 unspecified atom stereocenters. The molecule has 0 aliphatic rings. The van der Waals surface area contributed by atoms with Crippen LogP contribution in [0.4, 0.5) is 0 Å². The third-order valence-electron chi connectivity index (χ3n) is 0. The second kappa shape index (κ2) is 15.7. The zero-order chi connectivity index (χ0) is 0. The standard InChI is InChI=1S/Au.Ca.Pb.Sr.6H/q;+2;;+2;;;4*-1. The van der Waals surface area contributed by atoms with Crippen LogP contribution in [0.25, 0.3) is 0 Å². The van der Waals surface area contributed by atoms with Crippen LogP contribution in [-0.2, 0) is 22.4 Å². The summed E-state index contributed by atoms with van der Waals surface area (Å²) in [7, 11) is 0. The van der Waals surface area contributed by atoms with Crippen molar-refractivity contribution in [3.8, 4) is 0 Å². The summed E-state index contributed by atoms with van der Waals surface area (Å²) < 4.78 is 0. The van der Waals surface area contributed by atoms with Gasteiger partial charge in [-0.25, -0.2) is 0 Å². The van der Waals surface area contributed by atoms with Gasteiger partial charge in [0.05, 0.1) is 0 Å². The van der Waals surface area contributed by atoms with Crippen LogP contribution in [0, 0.1) is 0 Å². The Labute approximate surface area is 135 Å². The van der Waals surface area contributed by atoms with E-state index in [2.05, 4.69) is 0 Å². The minimum Gasteiger partial charge on any atom is 2.00 e. The van der Waals surface area contributed by atoms with Gasteiger partial charge in [-0.3, -0.25) is 0 Å². The van der Waals surface area contributed by atoms with Gasteiger partial charge < -0.3 is 5.71 Å². The van der Waals surface area contributed by atoms with Crippen molar-refractivity contribution in [1.82, 2.24) is 0 Å². The zero-order valence-electron chi connectivity index (χ0n) is 6.42. The first-order valence-corrected chi connectivity index (χ1v) is 0. The summed E-state index contributed by atoms with van der Waals surface area (Å²) in [6, 6.07) is 0. The van der Waals surface area contributed by atoms with E-state index in [1.165, 1.54) is 0 Å². The van der Waals surface area contributed by atoms with Gasteiger partial charge in [0.1, 0.15) is 0 Å². The maximum Gasteiger partial charge on any atom is 2.00 e. The van der Waals surface area contributed by atoms with Gasteiger partial charge in [0, 0.05) is 22.4 Å². The van der Waals surface area contributed by atoms with Crippen LogP contribution in [0.15, 0.2) is 0 Å². The van der Waals surface area contributed by atoms with E-state index in [1.54, 1.807) is 0 Å². The van der Waals surface area contributed by atoms with Gasteiger partial charge in [-0.1, -0.05) is 0 Å². The largest absolute Gasteiger partial charge is 2.00 e. The summed E-state index contributed by atoms with van der Waals surface area (Å²) in [5.41, 5.74) is 0. The summed E-state index contributed by atoms with van der Waals surface area (Å²) in [6.07, 6.45) is 0. The van der Waals surface area contributed by atoms with Crippen molar-refractivity contribution < 1.29 is 28.1 Å². The van der Waals surface area contributed by atoms with E-state index in [-0.39, 0.29) is 139 Å². The molecule has 0 nitrogen and oxygen atoms in total. The van der Waals surface area contributed by atoms with Gasteiger partial charge >= 0.3 is 111 Å². The molecule has 0 amide bonds. The molecule has 0 bridgehead atoms. The zero-order valence-corrected chi connectivity index (χ0v) is 15.8. The Morgan fingerprint density at radius 2 is 1.25 bits per heavy atom. The predicted octanol–water partition coefficient (Wildman–Crippen LogP) is -1.23. The van der Waals surface area contributed by atoms with Crippen LogP contribution >= 0.6 is 0 Å². The molecule has 0 fully saturated rings. The first-order valence-electron chi connectivity index (χ1n) is 0. The molecule has 0 spiro atoms. The first-order chi connectivity index (χ1) is 0. The average Bonchev–Trinajstić information content (AvgIpc) is 0. The summed E-state index contributed by atoms with van der Waals surface area (Å²) in [5.74, 6) is 0. The summed E-state index contributed by atoms with van der Waals surface area (Å²) in [6.45, 7) is 0. The van der Waals surface area contributed by atoms with Gasteiger partial charge in [0.25, 0.3) is 0 Å². The molecule has 4 heavy (non-hydrogen) atoms. The van der Waals surface area contributed by atoms with Crippen molar-refractivity contribution >= 4 is 111 Å². The summed E-state index contributed by atoms with van der Waals surface area (Å²) in [4.78, 5) is 0. The van der Waals surface area contributed by atoms with Gasteiger partial charge in [0.15, 0.2) is 0 Å². The van der Waals surface area contributed by atoms with Crippen LogP contribution in [0.2, 0.25) is 0 Å². The fourth-order valence-electron chi connectivity index (χ4n) is 0. The first kappa shape index (κ1) is 23.8. The third kappa shape index (κ3) is 9.64. The molecule has 0 aliphatic heterocycles. The Kier molecular flexibility index (Phi) is 93.0. The van der Waals surface area contributed by atoms with E-state index in [0.29, 0.717) is 0 Å². The molecular weight excluding hydrogens is 532 g/mol. The smallest absolute Gasteiger partial charge is 2.00 e. The molecule has 0 aromatic carbocycles. The van der Waals surface area contributed by atoms with Crippen LogP contribution < -0.4 is 0 Å². The number of hydrogen-bond acceptors (Lipinski definition) is 0. The topological polar surface area (TPSA) is 0 Å². The maximum absolute atomic E-state index is 0. The van der Waals surface area contributed by atoms with Gasteiger partial charge in [-0.05, 0) is 0 Å². The maximum atomic E-state index is 0. The van der Waals surface area contributed by atoms with Crippen LogP contribution in [-0.4, -0.2) is 111 Å². The Balaban J connectivity index is 0. The summed E-state index contributed by atoms with van der Waals surface area (Å²) in [5, 5.41) is 0. The minimum atomic E-state index is 0. The molecule has 0 atom stereocenters. The molecule has 0 rings (SSSR count). The molecule has 3 radical (unpaired) electrons. The van der Waals surface area contributed by atoms with Crippen molar-refractivity contribution in [3.63, 3.8) is 0 Å². The van der Waals surface area contributed by atoms with Crippen LogP contribution in [0.1, 0.15) is 5.71 Å². The Bertz CT molecular complexity index is 16.0. The van der Waals surface area contributed by atoms with E-state index in [1.807, 2.05) is 0 Å². The molecule has 0 aromatic rings.